The fourth-order valence-corrected chi connectivity index (χ4v) is 1.43. The van der Waals surface area contributed by atoms with Gasteiger partial charge in [-0.1, -0.05) is 11.6 Å². The minimum Gasteiger partial charge on any atom is -0.392 e. The van der Waals surface area contributed by atoms with Crippen LogP contribution in [0.4, 0.5) is 5.82 Å². The summed E-state index contributed by atoms with van der Waals surface area (Å²) in [5, 5.41) is 9.61. The Kier molecular flexibility index (Phi) is 4.99. The number of hydrogen-bond acceptors (Lipinski definition) is 4. The third kappa shape index (κ3) is 3.63. The molecule has 0 bridgehead atoms. The number of anilines is 1. The van der Waals surface area contributed by atoms with Crippen molar-refractivity contribution in [2.75, 3.05) is 39.1 Å². The van der Waals surface area contributed by atoms with E-state index in [2.05, 4.69) is 9.88 Å². The van der Waals surface area contributed by atoms with Crippen molar-refractivity contribution >= 4 is 17.4 Å². The van der Waals surface area contributed by atoms with Crippen molar-refractivity contribution in [1.82, 2.24) is 9.88 Å². The van der Waals surface area contributed by atoms with Gasteiger partial charge in [-0.05, 0) is 20.2 Å². The van der Waals surface area contributed by atoms with Gasteiger partial charge in [-0.25, -0.2) is 4.98 Å². The van der Waals surface area contributed by atoms with Crippen LogP contribution in [0.3, 0.4) is 0 Å². The van der Waals surface area contributed by atoms with Crippen LogP contribution < -0.4 is 4.90 Å². The predicted octanol–water partition coefficient (Wildman–Crippen LogP) is 1.23. The summed E-state index contributed by atoms with van der Waals surface area (Å²) < 4.78 is 0. The first-order valence-electron chi connectivity index (χ1n) is 5.15. The Morgan fingerprint density at radius 2 is 2.00 bits per heavy atom. The number of halogens is 1. The molecule has 0 atom stereocenters. The lowest BCUT2D eigenvalue weighted by atomic mass is 10.2. The van der Waals surface area contributed by atoms with Gasteiger partial charge < -0.3 is 14.9 Å². The molecule has 0 amide bonds. The Morgan fingerprint density at radius 3 is 2.56 bits per heavy atom. The molecule has 0 fully saturated rings. The number of hydrogen-bond donors (Lipinski definition) is 1. The van der Waals surface area contributed by atoms with E-state index in [1.165, 1.54) is 0 Å². The van der Waals surface area contributed by atoms with Crippen molar-refractivity contribution in [3.8, 4) is 0 Å². The maximum atomic E-state index is 9.10. The molecule has 0 spiro atoms. The number of aromatic nitrogens is 1. The first kappa shape index (κ1) is 13.2. The minimum atomic E-state index is -0.0596. The molecule has 0 saturated carbocycles. The summed E-state index contributed by atoms with van der Waals surface area (Å²) in [6.45, 7) is 1.78. The highest BCUT2D eigenvalue weighted by Gasteiger charge is 2.06. The molecule has 1 heterocycles. The van der Waals surface area contributed by atoms with Gasteiger partial charge in [0.05, 0.1) is 11.6 Å². The molecule has 1 aromatic heterocycles. The van der Waals surface area contributed by atoms with Crippen LogP contribution in [0.2, 0.25) is 5.02 Å². The summed E-state index contributed by atoms with van der Waals surface area (Å²) in [7, 11) is 6.03. The van der Waals surface area contributed by atoms with Gasteiger partial charge in [0.15, 0.2) is 0 Å². The molecule has 5 heteroatoms. The third-order valence-electron chi connectivity index (χ3n) is 2.36. The van der Waals surface area contributed by atoms with Crippen molar-refractivity contribution in [3.05, 3.63) is 22.8 Å². The zero-order valence-corrected chi connectivity index (χ0v) is 10.7. The standard InChI is InChI=1S/C11H18ClN3O/c1-14(2)4-5-15(3)11-6-9(8-16)10(12)7-13-11/h6-7,16H,4-5,8H2,1-3H3. The van der Waals surface area contributed by atoms with E-state index in [1.807, 2.05) is 32.1 Å². The van der Waals surface area contributed by atoms with Crippen LogP contribution in [0.1, 0.15) is 5.56 Å². The molecular formula is C11H18ClN3O. The van der Waals surface area contributed by atoms with E-state index in [0.717, 1.165) is 18.9 Å². The van der Waals surface area contributed by atoms with Gasteiger partial charge in [-0.15, -0.1) is 0 Å². The molecule has 0 unspecified atom stereocenters. The first-order valence-corrected chi connectivity index (χ1v) is 5.53. The summed E-state index contributed by atoms with van der Waals surface area (Å²) in [5.41, 5.74) is 0.711. The highest BCUT2D eigenvalue weighted by molar-refractivity contribution is 6.31. The van der Waals surface area contributed by atoms with E-state index in [1.54, 1.807) is 6.20 Å². The Labute approximate surface area is 101 Å². The lowest BCUT2D eigenvalue weighted by Gasteiger charge is -2.21. The van der Waals surface area contributed by atoms with Crippen molar-refractivity contribution in [2.45, 2.75) is 6.61 Å². The molecule has 1 aromatic rings. The van der Waals surface area contributed by atoms with E-state index >= 15 is 0 Å². The molecule has 16 heavy (non-hydrogen) atoms. The zero-order valence-electron chi connectivity index (χ0n) is 9.94. The molecule has 0 aliphatic heterocycles. The maximum Gasteiger partial charge on any atom is 0.128 e. The van der Waals surface area contributed by atoms with Crippen LogP contribution in [-0.4, -0.2) is 49.2 Å². The molecule has 4 nitrogen and oxygen atoms in total. The summed E-state index contributed by atoms with van der Waals surface area (Å²) in [6, 6.07) is 1.82. The van der Waals surface area contributed by atoms with Gasteiger partial charge in [0.1, 0.15) is 5.82 Å². The quantitative estimate of drug-likeness (QED) is 0.845. The number of aliphatic hydroxyl groups excluding tert-OH is 1. The highest BCUT2D eigenvalue weighted by atomic mass is 35.5. The molecule has 0 aliphatic rings. The lowest BCUT2D eigenvalue weighted by molar-refractivity contribution is 0.282. The zero-order chi connectivity index (χ0) is 12.1. The molecule has 0 aromatic carbocycles. The molecule has 0 radical (unpaired) electrons. The molecule has 0 saturated heterocycles. The third-order valence-corrected chi connectivity index (χ3v) is 2.70. The second-order valence-corrected chi connectivity index (χ2v) is 4.42. The second-order valence-electron chi connectivity index (χ2n) is 4.02. The number of likely N-dealkylation sites (N-methyl/N-ethyl adjacent to an activating group) is 2. The highest BCUT2D eigenvalue weighted by Crippen LogP contribution is 2.19. The van der Waals surface area contributed by atoms with Gasteiger partial charge >= 0.3 is 0 Å². The summed E-state index contributed by atoms with van der Waals surface area (Å²) in [5.74, 6) is 0.829. The smallest absolute Gasteiger partial charge is 0.128 e. The Balaban J connectivity index is 2.72. The lowest BCUT2D eigenvalue weighted by Crippen LogP contribution is -2.29. The van der Waals surface area contributed by atoms with E-state index in [0.29, 0.717) is 10.6 Å². The second kappa shape index (κ2) is 6.03. The van der Waals surface area contributed by atoms with Gasteiger partial charge in [-0.2, -0.15) is 0 Å². The average molecular weight is 244 g/mol. The number of pyridine rings is 1. The number of nitrogens with zero attached hydrogens (tertiary/aromatic N) is 3. The van der Waals surface area contributed by atoms with E-state index in [9.17, 15) is 0 Å². The Bertz CT molecular complexity index is 344. The minimum absolute atomic E-state index is 0.0596. The number of aliphatic hydroxyl groups is 1. The largest absolute Gasteiger partial charge is 0.392 e. The van der Waals surface area contributed by atoms with Crippen LogP contribution in [0, 0.1) is 0 Å². The van der Waals surface area contributed by atoms with Crippen molar-refractivity contribution in [3.63, 3.8) is 0 Å². The van der Waals surface area contributed by atoms with Crippen LogP contribution in [-0.2, 0) is 6.61 Å². The maximum absolute atomic E-state index is 9.10. The van der Waals surface area contributed by atoms with Crippen LogP contribution in [0.25, 0.3) is 0 Å². The van der Waals surface area contributed by atoms with E-state index in [4.69, 9.17) is 16.7 Å². The summed E-state index contributed by atoms with van der Waals surface area (Å²) in [4.78, 5) is 8.38. The van der Waals surface area contributed by atoms with Crippen molar-refractivity contribution in [1.29, 1.82) is 0 Å². The first-order chi connectivity index (χ1) is 7.54. The predicted molar refractivity (Wildman–Crippen MR) is 67.0 cm³/mol. The van der Waals surface area contributed by atoms with E-state index in [-0.39, 0.29) is 6.61 Å². The average Bonchev–Trinajstić information content (AvgIpc) is 2.26. The van der Waals surface area contributed by atoms with Gasteiger partial charge in [-0.3, -0.25) is 0 Å². The summed E-state index contributed by atoms with van der Waals surface area (Å²) in [6.07, 6.45) is 1.58. The van der Waals surface area contributed by atoms with Crippen LogP contribution in [0.5, 0.6) is 0 Å². The van der Waals surface area contributed by atoms with Crippen LogP contribution >= 0.6 is 11.6 Å². The van der Waals surface area contributed by atoms with Gasteiger partial charge in [0.2, 0.25) is 0 Å². The van der Waals surface area contributed by atoms with Crippen molar-refractivity contribution < 1.29 is 5.11 Å². The molecular weight excluding hydrogens is 226 g/mol. The van der Waals surface area contributed by atoms with Gasteiger partial charge in [0.25, 0.3) is 0 Å². The molecule has 90 valence electrons. The summed E-state index contributed by atoms with van der Waals surface area (Å²) >= 11 is 5.88. The fraction of sp³-hybridized carbons (Fsp3) is 0.545. The van der Waals surface area contributed by atoms with E-state index < -0.39 is 0 Å². The monoisotopic (exact) mass is 243 g/mol. The Morgan fingerprint density at radius 1 is 1.31 bits per heavy atom. The normalized spacial score (nSPS) is 10.9. The van der Waals surface area contributed by atoms with Gasteiger partial charge in [0, 0.05) is 31.9 Å². The molecule has 0 aliphatic carbocycles. The topological polar surface area (TPSA) is 39.6 Å². The van der Waals surface area contributed by atoms with Crippen molar-refractivity contribution in [2.24, 2.45) is 0 Å². The molecule has 1 rings (SSSR count). The fourth-order valence-electron chi connectivity index (χ4n) is 1.26. The molecule has 1 N–H and O–H groups in total. The van der Waals surface area contributed by atoms with Crippen LogP contribution in [0.15, 0.2) is 12.3 Å². The SMILES string of the molecule is CN(C)CCN(C)c1cc(CO)c(Cl)cn1. The Hall–Kier alpha value is -0.840. The number of rotatable bonds is 5.